The molecule has 33 heavy (non-hydrogen) atoms. The lowest BCUT2D eigenvalue weighted by Gasteiger charge is -2.27. The number of nitrogens with two attached hydrogens (primary N) is 1. The summed E-state index contributed by atoms with van der Waals surface area (Å²) in [6.07, 6.45) is 4.73. The molecule has 0 spiro atoms. The van der Waals surface area contributed by atoms with E-state index in [9.17, 15) is 18.8 Å². The molecule has 1 aromatic carbocycles. The van der Waals surface area contributed by atoms with E-state index in [0.29, 0.717) is 35.1 Å². The highest BCUT2D eigenvalue weighted by Crippen LogP contribution is 2.36. The first-order valence-electron chi connectivity index (χ1n) is 11.2. The van der Waals surface area contributed by atoms with E-state index < -0.39 is 11.8 Å². The van der Waals surface area contributed by atoms with E-state index in [-0.39, 0.29) is 29.0 Å². The number of benzene rings is 1. The number of hydrogen-bond acceptors (Lipinski definition) is 5. The number of primary amides is 1. The molecule has 1 aromatic heterocycles. The summed E-state index contributed by atoms with van der Waals surface area (Å²) in [4.78, 5) is 39.7. The number of urea groups is 1. The van der Waals surface area contributed by atoms with Gasteiger partial charge in [0.05, 0.1) is 11.1 Å². The van der Waals surface area contributed by atoms with E-state index in [4.69, 9.17) is 5.73 Å². The first-order chi connectivity index (χ1) is 15.9. The van der Waals surface area contributed by atoms with E-state index in [2.05, 4.69) is 16.0 Å². The van der Waals surface area contributed by atoms with Crippen molar-refractivity contribution in [2.75, 3.05) is 31.5 Å². The normalized spacial score (nSPS) is 18.6. The van der Waals surface area contributed by atoms with Crippen LogP contribution in [0.2, 0.25) is 0 Å². The lowest BCUT2D eigenvalue weighted by Crippen LogP contribution is -2.45. The van der Waals surface area contributed by atoms with Crippen LogP contribution in [0.3, 0.4) is 0 Å². The molecular formula is C23H28FN5O3S. The third-order valence-corrected chi connectivity index (χ3v) is 7.07. The van der Waals surface area contributed by atoms with Crippen LogP contribution in [0.25, 0.3) is 10.4 Å². The van der Waals surface area contributed by atoms with Crippen LogP contribution in [0, 0.1) is 5.82 Å². The molecule has 0 aliphatic carbocycles. The number of nitrogens with zero attached hydrogens (tertiary/aromatic N) is 1. The van der Waals surface area contributed by atoms with E-state index in [0.717, 1.165) is 50.0 Å². The second-order valence-corrected chi connectivity index (χ2v) is 9.46. The fourth-order valence-corrected chi connectivity index (χ4v) is 5.31. The van der Waals surface area contributed by atoms with Crippen LogP contribution in [0.1, 0.15) is 52.8 Å². The number of carbonyl (C=O) groups excluding carboxylic acids is 3. The van der Waals surface area contributed by atoms with Crippen molar-refractivity contribution in [3.63, 3.8) is 0 Å². The highest BCUT2D eigenvalue weighted by Gasteiger charge is 2.24. The second-order valence-electron chi connectivity index (χ2n) is 8.41. The first kappa shape index (κ1) is 23.2. The summed E-state index contributed by atoms with van der Waals surface area (Å²) in [5.41, 5.74) is 6.19. The lowest BCUT2D eigenvalue weighted by molar-refractivity contribution is 0.0719. The summed E-state index contributed by atoms with van der Waals surface area (Å²) in [6, 6.07) is 5.20. The third kappa shape index (κ3) is 5.51. The average molecular weight is 474 g/mol. The number of nitrogens with one attached hydrogen (secondary N) is 3. The quantitative estimate of drug-likeness (QED) is 0.534. The molecule has 5 N–H and O–H groups in total. The van der Waals surface area contributed by atoms with Crippen LogP contribution >= 0.6 is 11.3 Å². The summed E-state index contributed by atoms with van der Waals surface area (Å²) in [5, 5.41) is 9.06. The molecule has 1 atom stereocenters. The molecule has 0 unspecified atom stereocenters. The average Bonchev–Trinajstić information content (AvgIpc) is 3.23. The number of halogens is 1. The zero-order valence-corrected chi connectivity index (χ0v) is 19.1. The van der Waals surface area contributed by atoms with Gasteiger partial charge in [0.25, 0.3) is 11.8 Å². The molecule has 2 aliphatic heterocycles. The minimum absolute atomic E-state index is 0.00406. The Morgan fingerprint density at radius 1 is 1.09 bits per heavy atom. The molecule has 4 rings (SSSR count). The number of likely N-dealkylation sites (tertiary alicyclic amines) is 1. The van der Waals surface area contributed by atoms with Crippen LogP contribution in [0.4, 0.5) is 14.2 Å². The smallest absolute Gasteiger partial charge is 0.317 e. The summed E-state index contributed by atoms with van der Waals surface area (Å²) < 4.78 is 14.5. The Hall–Kier alpha value is -2.98. The monoisotopic (exact) mass is 473 g/mol. The van der Waals surface area contributed by atoms with Crippen molar-refractivity contribution in [3.05, 3.63) is 41.2 Å². The molecule has 0 bridgehead atoms. The molecular weight excluding hydrogens is 445 g/mol. The summed E-state index contributed by atoms with van der Waals surface area (Å²) in [7, 11) is 0. The van der Waals surface area contributed by atoms with Gasteiger partial charge in [-0.25, -0.2) is 9.18 Å². The minimum Gasteiger partial charge on any atom is -0.351 e. The Balaban J connectivity index is 1.62. The predicted molar refractivity (Wildman–Crippen MR) is 126 cm³/mol. The van der Waals surface area contributed by atoms with Gasteiger partial charge in [0.2, 0.25) is 0 Å². The topological polar surface area (TPSA) is 117 Å². The predicted octanol–water partition coefficient (Wildman–Crippen LogP) is 3.15. The van der Waals surface area contributed by atoms with Crippen molar-refractivity contribution in [2.24, 2.45) is 5.73 Å². The maximum atomic E-state index is 14.5. The van der Waals surface area contributed by atoms with E-state index in [1.54, 1.807) is 17.0 Å². The SMILES string of the molecule is NC(=O)Nc1sc(-c2ccc(F)c(C(=O)N3CCCCC3)c2)cc1C(=O)N[C@H]1CCCNC1. The fourth-order valence-electron chi connectivity index (χ4n) is 4.25. The molecule has 0 radical (unpaired) electrons. The van der Waals surface area contributed by atoms with Gasteiger partial charge in [-0.2, -0.15) is 0 Å². The lowest BCUT2D eigenvalue weighted by atomic mass is 10.0. The van der Waals surface area contributed by atoms with Gasteiger partial charge >= 0.3 is 6.03 Å². The Labute approximate surface area is 195 Å². The van der Waals surface area contributed by atoms with E-state index in [1.807, 2.05) is 0 Å². The molecule has 0 saturated carbocycles. The molecule has 2 aliphatic rings. The van der Waals surface area contributed by atoms with Gasteiger partial charge in [-0.15, -0.1) is 11.3 Å². The number of rotatable bonds is 5. The molecule has 176 valence electrons. The van der Waals surface area contributed by atoms with Gasteiger partial charge < -0.3 is 21.3 Å². The molecule has 2 saturated heterocycles. The Morgan fingerprint density at radius 3 is 2.58 bits per heavy atom. The second kappa shape index (κ2) is 10.3. The van der Waals surface area contributed by atoms with Crippen molar-refractivity contribution in [3.8, 4) is 10.4 Å². The number of piperidine rings is 2. The van der Waals surface area contributed by atoms with Gasteiger partial charge in [-0.3, -0.25) is 14.9 Å². The van der Waals surface area contributed by atoms with Gasteiger partial charge in [-0.1, -0.05) is 6.07 Å². The molecule has 3 heterocycles. The van der Waals surface area contributed by atoms with E-state index in [1.165, 1.54) is 12.1 Å². The van der Waals surface area contributed by atoms with Crippen molar-refractivity contribution >= 4 is 34.2 Å². The summed E-state index contributed by atoms with van der Waals surface area (Å²) in [5.74, 6) is -1.23. The molecule has 8 nitrogen and oxygen atoms in total. The van der Waals surface area contributed by atoms with Crippen molar-refractivity contribution < 1.29 is 18.8 Å². The number of hydrogen-bond donors (Lipinski definition) is 4. The summed E-state index contributed by atoms with van der Waals surface area (Å²) in [6.45, 7) is 2.84. The van der Waals surface area contributed by atoms with Gasteiger partial charge in [-0.05, 0) is 62.4 Å². The number of carbonyl (C=O) groups is 3. The van der Waals surface area contributed by atoms with Crippen molar-refractivity contribution in [1.82, 2.24) is 15.5 Å². The Morgan fingerprint density at radius 2 is 1.88 bits per heavy atom. The zero-order chi connectivity index (χ0) is 23.4. The fraction of sp³-hybridized carbons (Fsp3) is 0.435. The summed E-state index contributed by atoms with van der Waals surface area (Å²) >= 11 is 1.16. The Bertz CT molecular complexity index is 1040. The Kier molecular flexibility index (Phi) is 7.24. The highest BCUT2D eigenvalue weighted by atomic mass is 32.1. The maximum Gasteiger partial charge on any atom is 0.317 e. The minimum atomic E-state index is -0.781. The van der Waals surface area contributed by atoms with Gasteiger partial charge in [0, 0.05) is 30.6 Å². The molecule has 4 amide bonds. The highest BCUT2D eigenvalue weighted by molar-refractivity contribution is 7.20. The number of thiophene rings is 1. The van der Waals surface area contributed by atoms with Crippen LogP contribution in [-0.4, -0.2) is 55.0 Å². The molecule has 10 heteroatoms. The maximum absolute atomic E-state index is 14.5. The van der Waals surface area contributed by atoms with Crippen molar-refractivity contribution in [2.45, 2.75) is 38.1 Å². The first-order valence-corrected chi connectivity index (χ1v) is 12.0. The largest absolute Gasteiger partial charge is 0.351 e. The number of anilines is 1. The van der Waals surface area contributed by atoms with Crippen LogP contribution in [-0.2, 0) is 0 Å². The number of amides is 4. The van der Waals surface area contributed by atoms with Crippen LogP contribution in [0.5, 0.6) is 0 Å². The van der Waals surface area contributed by atoms with Crippen LogP contribution in [0.15, 0.2) is 24.3 Å². The van der Waals surface area contributed by atoms with E-state index >= 15 is 0 Å². The third-order valence-electron chi connectivity index (χ3n) is 5.97. The van der Waals surface area contributed by atoms with Crippen LogP contribution < -0.4 is 21.7 Å². The standard InChI is InChI=1S/C23H28FN5O3S/c24-18-7-6-14(11-16(18)22(31)29-9-2-1-3-10-29)19-12-17(21(33-19)28-23(25)32)20(30)27-15-5-4-8-26-13-15/h6-7,11-12,15,26H,1-5,8-10,13H2,(H,27,30)(H3,25,28,32)/t15-/m0/s1. The molecule has 2 fully saturated rings. The molecule has 2 aromatic rings. The zero-order valence-electron chi connectivity index (χ0n) is 18.3. The van der Waals surface area contributed by atoms with Crippen molar-refractivity contribution in [1.29, 1.82) is 0 Å². The van der Waals surface area contributed by atoms with Gasteiger partial charge in [0.15, 0.2) is 0 Å². The van der Waals surface area contributed by atoms with Gasteiger partial charge in [0.1, 0.15) is 10.8 Å².